The number of hydrogen-bond donors (Lipinski definition) is 2. The molecule has 2 unspecified atom stereocenters. The van der Waals surface area contributed by atoms with E-state index < -0.39 is 6.10 Å². The number of rotatable bonds is 4. The highest BCUT2D eigenvalue weighted by Gasteiger charge is 2.27. The van der Waals surface area contributed by atoms with Crippen molar-refractivity contribution >= 4 is 23.2 Å². The van der Waals surface area contributed by atoms with Crippen LogP contribution in [0.3, 0.4) is 0 Å². The summed E-state index contributed by atoms with van der Waals surface area (Å²) in [5.74, 6) is -0.0621. The Labute approximate surface area is 131 Å². The molecule has 1 saturated heterocycles. The summed E-state index contributed by atoms with van der Waals surface area (Å²) < 4.78 is 0. The van der Waals surface area contributed by atoms with E-state index in [2.05, 4.69) is 10.2 Å². The summed E-state index contributed by atoms with van der Waals surface area (Å²) in [7, 11) is 0. The molecule has 2 N–H and O–H groups in total. The third kappa shape index (κ3) is 4.19. The SMILES string of the molecule is Cc1c(Cl)cccc1NC(=O)CN1CCCCC1C(C)O. The largest absolute Gasteiger partial charge is 0.392 e. The molecule has 2 atom stereocenters. The van der Waals surface area contributed by atoms with Gasteiger partial charge in [0.25, 0.3) is 0 Å². The fourth-order valence-electron chi connectivity index (χ4n) is 2.88. The summed E-state index contributed by atoms with van der Waals surface area (Å²) in [6.07, 6.45) is 2.72. The van der Waals surface area contributed by atoms with Crippen LogP contribution in [-0.2, 0) is 4.79 Å². The predicted octanol–water partition coefficient (Wildman–Crippen LogP) is 2.82. The third-order valence-corrected chi connectivity index (χ3v) is 4.52. The van der Waals surface area contributed by atoms with Crippen LogP contribution in [0.1, 0.15) is 31.7 Å². The number of anilines is 1. The number of hydrogen-bond acceptors (Lipinski definition) is 3. The van der Waals surface area contributed by atoms with E-state index in [0.717, 1.165) is 37.1 Å². The van der Waals surface area contributed by atoms with Gasteiger partial charge in [0.1, 0.15) is 0 Å². The van der Waals surface area contributed by atoms with Crippen LogP contribution in [-0.4, -0.2) is 41.1 Å². The van der Waals surface area contributed by atoms with Crippen molar-refractivity contribution in [1.29, 1.82) is 0 Å². The van der Waals surface area contributed by atoms with Gasteiger partial charge in [-0.05, 0) is 50.9 Å². The molecule has 4 nitrogen and oxygen atoms in total. The Bertz CT molecular complexity index is 505. The van der Waals surface area contributed by atoms with E-state index in [9.17, 15) is 9.90 Å². The summed E-state index contributed by atoms with van der Waals surface area (Å²) in [5.41, 5.74) is 1.62. The Hall–Kier alpha value is -1.10. The van der Waals surface area contributed by atoms with Crippen molar-refractivity contribution in [3.63, 3.8) is 0 Å². The monoisotopic (exact) mass is 310 g/mol. The average molecular weight is 311 g/mol. The number of halogens is 1. The van der Waals surface area contributed by atoms with Crippen molar-refractivity contribution in [3.8, 4) is 0 Å². The molecule has 2 rings (SSSR count). The van der Waals surface area contributed by atoms with Gasteiger partial charge in [-0.2, -0.15) is 0 Å². The molecule has 5 heteroatoms. The number of carbonyl (C=O) groups excluding carboxylic acids is 1. The number of amides is 1. The van der Waals surface area contributed by atoms with E-state index in [1.165, 1.54) is 0 Å². The first-order chi connectivity index (χ1) is 9.99. The van der Waals surface area contributed by atoms with Crippen LogP contribution in [0, 0.1) is 6.92 Å². The van der Waals surface area contributed by atoms with Gasteiger partial charge in [-0.1, -0.05) is 24.1 Å². The van der Waals surface area contributed by atoms with E-state index in [-0.39, 0.29) is 11.9 Å². The summed E-state index contributed by atoms with van der Waals surface area (Å²) in [6, 6.07) is 5.55. The normalized spacial score (nSPS) is 21.0. The van der Waals surface area contributed by atoms with E-state index in [1.807, 2.05) is 19.1 Å². The zero-order valence-electron chi connectivity index (χ0n) is 12.6. The van der Waals surface area contributed by atoms with E-state index in [0.29, 0.717) is 11.6 Å². The van der Waals surface area contributed by atoms with Gasteiger partial charge in [0.15, 0.2) is 0 Å². The van der Waals surface area contributed by atoms with Crippen LogP contribution in [0.5, 0.6) is 0 Å². The number of likely N-dealkylation sites (tertiary alicyclic amines) is 1. The minimum absolute atomic E-state index is 0.0621. The molecule has 0 spiro atoms. The van der Waals surface area contributed by atoms with Gasteiger partial charge in [0, 0.05) is 16.8 Å². The Morgan fingerprint density at radius 2 is 2.29 bits per heavy atom. The molecule has 0 aromatic heterocycles. The maximum absolute atomic E-state index is 12.2. The Balaban J connectivity index is 1.99. The fraction of sp³-hybridized carbons (Fsp3) is 0.562. The molecule has 21 heavy (non-hydrogen) atoms. The van der Waals surface area contributed by atoms with E-state index in [4.69, 9.17) is 11.6 Å². The molecule has 1 heterocycles. The second kappa shape index (κ2) is 7.25. The van der Waals surface area contributed by atoms with Crippen LogP contribution >= 0.6 is 11.6 Å². The third-order valence-electron chi connectivity index (χ3n) is 4.11. The first-order valence-corrected chi connectivity index (χ1v) is 7.84. The Morgan fingerprint density at radius 1 is 1.52 bits per heavy atom. The Kier molecular flexibility index (Phi) is 5.62. The lowest BCUT2D eigenvalue weighted by Crippen LogP contribution is -2.48. The lowest BCUT2D eigenvalue weighted by molar-refractivity contribution is -0.118. The van der Waals surface area contributed by atoms with Gasteiger partial charge < -0.3 is 10.4 Å². The quantitative estimate of drug-likeness (QED) is 0.899. The summed E-state index contributed by atoms with van der Waals surface area (Å²) in [4.78, 5) is 14.3. The number of benzene rings is 1. The topological polar surface area (TPSA) is 52.6 Å². The first kappa shape index (κ1) is 16.3. The summed E-state index contributed by atoms with van der Waals surface area (Å²) in [6.45, 7) is 4.85. The van der Waals surface area contributed by atoms with Crippen LogP contribution in [0.2, 0.25) is 5.02 Å². The molecule has 1 aromatic carbocycles. The Morgan fingerprint density at radius 3 is 3.00 bits per heavy atom. The predicted molar refractivity (Wildman–Crippen MR) is 85.7 cm³/mol. The molecular formula is C16H23ClN2O2. The molecule has 0 saturated carbocycles. The number of aliphatic hydroxyl groups is 1. The van der Waals surface area contributed by atoms with Gasteiger partial charge in [-0.3, -0.25) is 9.69 Å². The molecule has 1 fully saturated rings. The lowest BCUT2D eigenvalue weighted by Gasteiger charge is -2.36. The van der Waals surface area contributed by atoms with Crippen molar-refractivity contribution in [2.45, 2.75) is 45.3 Å². The van der Waals surface area contributed by atoms with Crippen molar-refractivity contribution in [2.75, 3.05) is 18.4 Å². The minimum atomic E-state index is -0.411. The average Bonchev–Trinajstić information content (AvgIpc) is 2.44. The van der Waals surface area contributed by atoms with Gasteiger partial charge in [0.05, 0.1) is 12.6 Å². The number of aliphatic hydroxyl groups excluding tert-OH is 1. The summed E-state index contributed by atoms with van der Waals surface area (Å²) >= 11 is 6.06. The maximum Gasteiger partial charge on any atom is 0.238 e. The number of nitrogens with one attached hydrogen (secondary N) is 1. The van der Waals surface area contributed by atoms with Crippen LogP contribution in [0.4, 0.5) is 5.69 Å². The van der Waals surface area contributed by atoms with Crippen LogP contribution in [0.25, 0.3) is 0 Å². The highest BCUT2D eigenvalue weighted by Crippen LogP contribution is 2.23. The maximum atomic E-state index is 12.2. The number of piperidine rings is 1. The fourth-order valence-corrected chi connectivity index (χ4v) is 3.05. The van der Waals surface area contributed by atoms with Gasteiger partial charge in [-0.15, -0.1) is 0 Å². The van der Waals surface area contributed by atoms with E-state index in [1.54, 1.807) is 13.0 Å². The molecular weight excluding hydrogens is 288 g/mol. The van der Waals surface area contributed by atoms with Gasteiger partial charge >= 0.3 is 0 Å². The second-order valence-corrected chi connectivity index (χ2v) is 6.14. The number of nitrogens with zero attached hydrogens (tertiary/aromatic N) is 1. The highest BCUT2D eigenvalue weighted by atomic mass is 35.5. The van der Waals surface area contributed by atoms with Crippen molar-refractivity contribution < 1.29 is 9.90 Å². The van der Waals surface area contributed by atoms with Crippen LogP contribution < -0.4 is 5.32 Å². The zero-order valence-corrected chi connectivity index (χ0v) is 13.4. The molecule has 1 aliphatic rings. The molecule has 0 bridgehead atoms. The smallest absolute Gasteiger partial charge is 0.238 e. The van der Waals surface area contributed by atoms with Crippen molar-refractivity contribution in [3.05, 3.63) is 28.8 Å². The molecule has 1 amide bonds. The molecule has 1 aromatic rings. The van der Waals surface area contributed by atoms with E-state index >= 15 is 0 Å². The van der Waals surface area contributed by atoms with Gasteiger partial charge in [-0.25, -0.2) is 0 Å². The minimum Gasteiger partial charge on any atom is -0.392 e. The van der Waals surface area contributed by atoms with Crippen molar-refractivity contribution in [1.82, 2.24) is 4.90 Å². The first-order valence-electron chi connectivity index (χ1n) is 7.46. The molecule has 1 aliphatic heterocycles. The standard InChI is InChI=1S/C16H23ClN2O2/c1-11-13(17)6-5-7-14(11)18-16(21)10-19-9-4-3-8-15(19)12(2)20/h5-7,12,15,20H,3-4,8-10H2,1-2H3,(H,18,21). The highest BCUT2D eigenvalue weighted by molar-refractivity contribution is 6.31. The van der Waals surface area contributed by atoms with Crippen LogP contribution in [0.15, 0.2) is 18.2 Å². The molecule has 0 radical (unpaired) electrons. The van der Waals surface area contributed by atoms with Crippen molar-refractivity contribution in [2.24, 2.45) is 0 Å². The lowest BCUT2D eigenvalue weighted by atomic mass is 9.98. The molecule has 0 aliphatic carbocycles. The zero-order chi connectivity index (χ0) is 15.4. The summed E-state index contributed by atoms with van der Waals surface area (Å²) in [5, 5.41) is 13.4. The second-order valence-electron chi connectivity index (χ2n) is 5.73. The molecule has 116 valence electrons. The number of carbonyl (C=O) groups is 1. The van der Waals surface area contributed by atoms with Gasteiger partial charge in [0.2, 0.25) is 5.91 Å².